The van der Waals surface area contributed by atoms with E-state index in [0.717, 1.165) is 24.3 Å². The standard InChI is InChI=1S/C17H12ClF4NO3/c18-14-7-11(19)5-6-12(14)16(25)26-9-15(24)23-8-10-3-1-2-4-13(10)17(20,21)22/h1-7H,8-9H2,(H,23,24). The van der Waals surface area contributed by atoms with Gasteiger partial charge in [-0.1, -0.05) is 29.8 Å². The molecule has 0 aliphatic rings. The summed E-state index contributed by atoms with van der Waals surface area (Å²) in [5.74, 6) is -2.40. The molecule has 26 heavy (non-hydrogen) atoms. The molecule has 138 valence electrons. The lowest BCUT2D eigenvalue weighted by atomic mass is 10.1. The lowest BCUT2D eigenvalue weighted by Gasteiger charge is -2.13. The van der Waals surface area contributed by atoms with Gasteiger partial charge in [0.05, 0.1) is 16.1 Å². The van der Waals surface area contributed by atoms with Gasteiger partial charge in [0.15, 0.2) is 6.61 Å². The molecule has 2 aromatic carbocycles. The van der Waals surface area contributed by atoms with Gasteiger partial charge in [-0.15, -0.1) is 0 Å². The zero-order chi connectivity index (χ0) is 19.3. The van der Waals surface area contributed by atoms with Crippen molar-refractivity contribution in [3.8, 4) is 0 Å². The minimum atomic E-state index is -4.55. The van der Waals surface area contributed by atoms with E-state index in [1.807, 2.05) is 0 Å². The van der Waals surface area contributed by atoms with E-state index < -0.39 is 36.0 Å². The predicted octanol–water partition coefficient (Wildman–Crippen LogP) is 3.97. The van der Waals surface area contributed by atoms with Crippen LogP contribution < -0.4 is 5.32 Å². The van der Waals surface area contributed by atoms with Crippen LogP contribution in [0.4, 0.5) is 17.6 Å². The second-order valence-corrected chi connectivity index (χ2v) is 5.54. The van der Waals surface area contributed by atoms with E-state index in [4.69, 9.17) is 16.3 Å². The summed E-state index contributed by atoms with van der Waals surface area (Å²) < 4.78 is 56.2. The van der Waals surface area contributed by atoms with Gasteiger partial charge < -0.3 is 10.1 Å². The maximum Gasteiger partial charge on any atom is 0.416 e. The van der Waals surface area contributed by atoms with E-state index in [9.17, 15) is 27.2 Å². The lowest BCUT2D eigenvalue weighted by molar-refractivity contribution is -0.138. The molecular formula is C17H12ClF4NO3. The first kappa shape index (κ1) is 19.7. The molecule has 0 saturated carbocycles. The zero-order valence-electron chi connectivity index (χ0n) is 13.1. The van der Waals surface area contributed by atoms with Gasteiger partial charge in [0.1, 0.15) is 5.82 Å². The van der Waals surface area contributed by atoms with Crippen molar-refractivity contribution in [2.75, 3.05) is 6.61 Å². The van der Waals surface area contributed by atoms with Crippen molar-refractivity contribution < 1.29 is 31.9 Å². The molecule has 0 spiro atoms. The Kier molecular flexibility index (Phi) is 6.20. The molecule has 2 rings (SSSR count). The lowest BCUT2D eigenvalue weighted by Crippen LogP contribution is -2.29. The first-order chi connectivity index (χ1) is 12.2. The Morgan fingerprint density at radius 2 is 1.81 bits per heavy atom. The highest BCUT2D eigenvalue weighted by Gasteiger charge is 2.32. The number of alkyl halides is 3. The molecule has 2 aromatic rings. The molecule has 0 bridgehead atoms. The van der Waals surface area contributed by atoms with Crippen LogP contribution in [-0.2, 0) is 22.3 Å². The van der Waals surface area contributed by atoms with E-state index >= 15 is 0 Å². The summed E-state index contributed by atoms with van der Waals surface area (Å²) in [6.45, 7) is -1.11. The number of carbonyl (C=O) groups is 2. The molecule has 0 heterocycles. The molecule has 0 aliphatic carbocycles. The van der Waals surface area contributed by atoms with Crippen LogP contribution in [-0.4, -0.2) is 18.5 Å². The smallest absolute Gasteiger partial charge is 0.416 e. The Morgan fingerprint density at radius 1 is 1.12 bits per heavy atom. The van der Waals surface area contributed by atoms with Crippen molar-refractivity contribution in [2.45, 2.75) is 12.7 Å². The van der Waals surface area contributed by atoms with Crippen LogP contribution in [0.15, 0.2) is 42.5 Å². The number of hydrogen-bond donors (Lipinski definition) is 1. The molecule has 4 nitrogen and oxygen atoms in total. The summed E-state index contributed by atoms with van der Waals surface area (Å²) >= 11 is 5.69. The number of hydrogen-bond acceptors (Lipinski definition) is 3. The number of amides is 1. The van der Waals surface area contributed by atoms with Crippen LogP contribution >= 0.6 is 11.6 Å². The SMILES string of the molecule is O=C(COC(=O)c1ccc(F)cc1Cl)NCc1ccccc1C(F)(F)F. The maximum absolute atomic E-state index is 12.9. The summed E-state index contributed by atoms with van der Waals surface area (Å²) in [5.41, 5.74) is -1.13. The van der Waals surface area contributed by atoms with Crippen molar-refractivity contribution in [3.05, 3.63) is 70.0 Å². The van der Waals surface area contributed by atoms with Crippen molar-refractivity contribution >= 4 is 23.5 Å². The summed E-state index contributed by atoms with van der Waals surface area (Å²) in [6.07, 6.45) is -4.55. The molecule has 0 aromatic heterocycles. The van der Waals surface area contributed by atoms with Crippen LogP contribution in [0.2, 0.25) is 5.02 Å². The van der Waals surface area contributed by atoms with Gasteiger partial charge in [0.25, 0.3) is 5.91 Å². The van der Waals surface area contributed by atoms with Gasteiger partial charge in [-0.25, -0.2) is 9.18 Å². The first-order valence-electron chi connectivity index (χ1n) is 7.22. The van der Waals surface area contributed by atoms with Gasteiger partial charge in [0.2, 0.25) is 0 Å². The third-order valence-corrected chi connectivity index (χ3v) is 3.60. The third kappa shape index (κ3) is 5.19. The van der Waals surface area contributed by atoms with Crippen LogP contribution in [0, 0.1) is 5.82 Å². The van der Waals surface area contributed by atoms with Gasteiger partial charge in [-0.3, -0.25) is 4.79 Å². The maximum atomic E-state index is 12.9. The van der Waals surface area contributed by atoms with Crippen LogP contribution in [0.25, 0.3) is 0 Å². The first-order valence-corrected chi connectivity index (χ1v) is 7.60. The highest BCUT2D eigenvalue weighted by Crippen LogP contribution is 2.31. The molecule has 0 aliphatic heterocycles. The Bertz CT molecular complexity index is 824. The Labute approximate surface area is 150 Å². The van der Waals surface area contributed by atoms with Crippen molar-refractivity contribution in [1.29, 1.82) is 0 Å². The van der Waals surface area contributed by atoms with E-state index in [1.165, 1.54) is 18.2 Å². The molecule has 0 fully saturated rings. The number of rotatable bonds is 5. The third-order valence-electron chi connectivity index (χ3n) is 3.28. The molecule has 0 unspecified atom stereocenters. The number of halogens is 5. The van der Waals surface area contributed by atoms with Crippen LogP contribution in [0.3, 0.4) is 0 Å². The highest BCUT2D eigenvalue weighted by atomic mass is 35.5. The van der Waals surface area contributed by atoms with E-state index in [1.54, 1.807) is 0 Å². The molecule has 0 atom stereocenters. The molecule has 0 radical (unpaired) electrons. The van der Waals surface area contributed by atoms with Crippen molar-refractivity contribution in [1.82, 2.24) is 5.32 Å². The Morgan fingerprint density at radius 3 is 2.46 bits per heavy atom. The Hall–Kier alpha value is -2.61. The number of carbonyl (C=O) groups excluding carboxylic acids is 2. The molecule has 9 heteroatoms. The molecular weight excluding hydrogens is 378 g/mol. The number of nitrogens with one attached hydrogen (secondary N) is 1. The normalized spacial score (nSPS) is 11.1. The number of ether oxygens (including phenoxy) is 1. The van der Waals surface area contributed by atoms with Gasteiger partial charge in [-0.2, -0.15) is 13.2 Å². The number of benzene rings is 2. The predicted molar refractivity (Wildman–Crippen MR) is 85.0 cm³/mol. The fraction of sp³-hybridized carbons (Fsp3) is 0.176. The summed E-state index contributed by atoms with van der Waals surface area (Å²) in [7, 11) is 0. The monoisotopic (exact) mass is 389 g/mol. The van der Waals surface area contributed by atoms with Gasteiger partial charge >= 0.3 is 12.1 Å². The highest BCUT2D eigenvalue weighted by molar-refractivity contribution is 6.33. The fourth-order valence-corrected chi connectivity index (χ4v) is 2.30. The molecule has 1 N–H and O–H groups in total. The molecule has 1 amide bonds. The second kappa shape index (κ2) is 8.18. The largest absolute Gasteiger partial charge is 0.452 e. The van der Waals surface area contributed by atoms with E-state index in [0.29, 0.717) is 0 Å². The summed E-state index contributed by atoms with van der Waals surface area (Å²) in [6, 6.07) is 7.78. The Balaban J connectivity index is 1.91. The minimum Gasteiger partial charge on any atom is -0.452 e. The van der Waals surface area contributed by atoms with E-state index in [-0.39, 0.29) is 22.7 Å². The van der Waals surface area contributed by atoms with Crippen LogP contribution in [0.5, 0.6) is 0 Å². The molecule has 0 saturated heterocycles. The number of esters is 1. The quantitative estimate of drug-likeness (QED) is 0.622. The zero-order valence-corrected chi connectivity index (χ0v) is 13.8. The van der Waals surface area contributed by atoms with Gasteiger partial charge in [0, 0.05) is 6.54 Å². The second-order valence-electron chi connectivity index (χ2n) is 5.13. The average molecular weight is 390 g/mol. The van der Waals surface area contributed by atoms with Crippen molar-refractivity contribution in [2.24, 2.45) is 0 Å². The van der Waals surface area contributed by atoms with Crippen LogP contribution in [0.1, 0.15) is 21.5 Å². The van der Waals surface area contributed by atoms with Crippen molar-refractivity contribution in [3.63, 3.8) is 0 Å². The summed E-state index contributed by atoms with van der Waals surface area (Å²) in [4.78, 5) is 23.5. The summed E-state index contributed by atoms with van der Waals surface area (Å²) in [5, 5.41) is 2.05. The fourth-order valence-electron chi connectivity index (χ4n) is 2.06. The van der Waals surface area contributed by atoms with Gasteiger partial charge in [-0.05, 0) is 29.8 Å². The topological polar surface area (TPSA) is 55.4 Å². The minimum absolute atomic E-state index is 0.124. The average Bonchev–Trinajstić information content (AvgIpc) is 2.57. The van der Waals surface area contributed by atoms with E-state index in [2.05, 4.69) is 5.32 Å².